The third kappa shape index (κ3) is 5.10. The first kappa shape index (κ1) is 21.2. The van der Waals surface area contributed by atoms with Gasteiger partial charge < -0.3 is 15.0 Å². The standard InChI is InChI=1S/C21H26F3N3O2/c1-13-10-14(26-19(28)29-20(2,3)4)12-27(11-13)17-8-7-16(21(22,23)24)18-15(17)6-5-9-25-18/h5-9,13-14H,10-12H2,1-4H3,(H,26,28)/t13-,14+/m0/s1. The van der Waals surface area contributed by atoms with Gasteiger partial charge in [-0.3, -0.25) is 4.98 Å². The maximum Gasteiger partial charge on any atom is 0.418 e. The largest absolute Gasteiger partial charge is 0.444 e. The van der Waals surface area contributed by atoms with Crippen LogP contribution < -0.4 is 10.2 Å². The Bertz CT molecular complexity index is 893. The van der Waals surface area contributed by atoms with E-state index < -0.39 is 23.4 Å². The Morgan fingerprint density at radius 2 is 1.93 bits per heavy atom. The Labute approximate surface area is 168 Å². The monoisotopic (exact) mass is 409 g/mol. The molecule has 2 aromatic rings. The molecule has 1 aromatic carbocycles. The van der Waals surface area contributed by atoms with E-state index in [1.165, 1.54) is 12.3 Å². The molecular formula is C21H26F3N3O2. The summed E-state index contributed by atoms with van der Waals surface area (Å²) in [6.07, 6.45) is -2.82. The molecule has 0 radical (unpaired) electrons. The number of carbonyl (C=O) groups excluding carboxylic acids is 1. The van der Waals surface area contributed by atoms with E-state index in [1.54, 1.807) is 32.9 Å². The van der Waals surface area contributed by atoms with Crippen LogP contribution >= 0.6 is 0 Å². The number of alkyl carbamates (subject to hydrolysis) is 1. The van der Waals surface area contributed by atoms with Crippen LogP contribution in [0.5, 0.6) is 0 Å². The molecule has 0 bridgehead atoms. The Kier molecular flexibility index (Phi) is 5.65. The predicted octanol–water partition coefficient (Wildman–Crippen LogP) is 4.99. The first-order valence-corrected chi connectivity index (χ1v) is 9.63. The fourth-order valence-corrected chi connectivity index (χ4v) is 3.79. The smallest absolute Gasteiger partial charge is 0.418 e. The van der Waals surface area contributed by atoms with Gasteiger partial charge >= 0.3 is 12.3 Å². The van der Waals surface area contributed by atoms with Crippen molar-refractivity contribution in [1.29, 1.82) is 0 Å². The van der Waals surface area contributed by atoms with Gasteiger partial charge in [-0.25, -0.2) is 4.79 Å². The number of amides is 1. The second kappa shape index (κ2) is 7.72. The highest BCUT2D eigenvalue weighted by Gasteiger charge is 2.35. The van der Waals surface area contributed by atoms with Crippen molar-refractivity contribution in [3.8, 4) is 0 Å². The number of fused-ring (bicyclic) bond motifs is 1. The number of carbonyl (C=O) groups is 1. The lowest BCUT2D eigenvalue weighted by atomic mass is 9.94. The summed E-state index contributed by atoms with van der Waals surface area (Å²) in [7, 11) is 0. The number of pyridine rings is 1. The Morgan fingerprint density at radius 3 is 2.59 bits per heavy atom. The zero-order valence-electron chi connectivity index (χ0n) is 17.0. The van der Waals surface area contributed by atoms with Gasteiger partial charge in [0.25, 0.3) is 0 Å². The maximum absolute atomic E-state index is 13.4. The zero-order valence-corrected chi connectivity index (χ0v) is 17.0. The summed E-state index contributed by atoms with van der Waals surface area (Å²) in [6, 6.07) is 5.70. The fourth-order valence-electron chi connectivity index (χ4n) is 3.79. The number of benzene rings is 1. The lowest BCUT2D eigenvalue weighted by molar-refractivity contribution is -0.136. The first-order chi connectivity index (χ1) is 13.4. The summed E-state index contributed by atoms with van der Waals surface area (Å²) >= 11 is 0. The maximum atomic E-state index is 13.4. The number of nitrogens with one attached hydrogen (secondary N) is 1. The van der Waals surface area contributed by atoms with Gasteiger partial charge in [-0.15, -0.1) is 0 Å². The van der Waals surface area contributed by atoms with Gasteiger partial charge in [-0.2, -0.15) is 13.2 Å². The molecule has 1 saturated heterocycles. The molecule has 2 heterocycles. The number of nitrogens with zero attached hydrogens (tertiary/aromatic N) is 2. The number of alkyl halides is 3. The summed E-state index contributed by atoms with van der Waals surface area (Å²) in [5.74, 6) is 0.248. The van der Waals surface area contributed by atoms with Gasteiger partial charge in [-0.1, -0.05) is 6.92 Å². The highest BCUT2D eigenvalue weighted by Crippen LogP contribution is 2.38. The quantitative estimate of drug-likeness (QED) is 0.759. The molecule has 158 valence electrons. The van der Waals surface area contributed by atoms with Crippen LogP contribution in [-0.4, -0.2) is 35.8 Å². The highest BCUT2D eigenvalue weighted by atomic mass is 19.4. The van der Waals surface area contributed by atoms with Crippen molar-refractivity contribution in [2.45, 2.75) is 51.9 Å². The van der Waals surface area contributed by atoms with Crippen molar-refractivity contribution in [3.05, 3.63) is 36.0 Å². The Hall–Kier alpha value is -2.51. The fraction of sp³-hybridized carbons (Fsp3) is 0.524. The summed E-state index contributed by atoms with van der Waals surface area (Å²) < 4.78 is 45.5. The number of ether oxygens (including phenoxy) is 1. The van der Waals surface area contributed by atoms with E-state index in [0.717, 1.165) is 12.5 Å². The van der Waals surface area contributed by atoms with Gasteiger partial charge in [0.05, 0.1) is 11.1 Å². The summed E-state index contributed by atoms with van der Waals surface area (Å²) in [5, 5.41) is 3.34. The minimum absolute atomic E-state index is 0.0626. The lowest BCUT2D eigenvalue weighted by Gasteiger charge is -2.39. The molecule has 8 heteroatoms. The van der Waals surface area contributed by atoms with Crippen molar-refractivity contribution < 1.29 is 22.7 Å². The van der Waals surface area contributed by atoms with Crippen LogP contribution in [0, 0.1) is 5.92 Å². The molecule has 29 heavy (non-hydrogen) atoms. The average Bonchev–Trinajstić information content (AvgIpc) is 2.57. The van der Waals surface area contributed by atoms with Gasteiger partial charge in [0.1, 0.15) is 5.60 Å². The van der Waals surface area contributed by atoms with E-state index >= 15 is 0 Å². The number of piperidine rings is 1. The number of halogens is 3. The number of hydrogen-bond donors (Lipinski definition) is 1. The van der Waals surface area contributed by atoms with Gasteiger partial charge in [0.2, 0.25) is 0 Å². The highest BCUT2D eigenvalue weighted by molar-refractivity contribution is 5.94. The van der Waals surface area contributed by atoms with Crippen LogP contribution in [0.25, 0.3) is 10.9 Å². The lowest BCUT2D eigenvalue weighted by Crippen LogP contribution is -2.51. The third-order valence-electron chi connectivity index (χ3n) is 4.77. The molecule has 0 saturated carbocycles. The van der Waals surface area contributed by atoms with Crippen LogP contribution in [0.15, 0.2) is 30.5 Å². The molecule has 0 unspecified atom stereocenters. The SMILES string of the molecule is C[C@H]1C[C@@H](NC(=O)OC(C)(C)C)CN(c2ccc(C(F)(F)F)c3ncccc23)C1. The van der Waals surface area contributed by atoms with Gasteiger partial charge in [0, 0.05) is 36.4 Å². The van der Waals surface area contributed by atoms with Crippen molar-refractivity contribution in [2.24, 2.45) is 5.92 Å². The molecule has 0 aliphatic carbocycles. The number of rotatable bonds is 2. The van der Waals surface area contributed by atoms with E-state index in [-0.39, 0.29) is 17.5 Å². The normalized spacial score (nSPS) is 20.6. The van der Waals surface area contributed by atoms with E-state index in [2.05, 4.69) is 17.2 Å². The minimum atomic E-state index is -4.47. The predicted molar refractivity (Wildman–Crippen MR) is 106 cm³/mol. The van der Waals surface area contributed by atoms with Crippen molar-refractivity contribution in [1.82, 2.24) is 10.3 Å². The molecule has 0 spiro atoms. The second-order valence-electron chi connectivity index (χ2n) is 8.62. The van der Waals surface area contributed by atoms with Crippen LogP contribution in [0.2, 0.25) is 0 Å². The molecule has 1 aromatic heterocycles. The molecule has 1 aliphatic rings. The third-order valence-corrected chi connectivity index (χ3v) is 4.77. The number of aromatic nitrogens is 1. The average molecular weight is 409 g/mol. The van der Waals surface area contributed by atoms with Crippen molar-refractivity contribution in [2.75, 3.05) is 18.0 Å². The van der Waals surface area contributed by atoms with E-state index in [1.807, 2.05) is 4.90 Å². The van der Waals surface area contributed by atoms with Crippen LogP contribution in [0.4, 0.5) is 23.7 Å². The van der Waals surface area contributed by atoms with E-state index in [0.29, 0.717) is 24.2 Å². The molecule has 1 amide bonds. The van der Waals surface area contributed by atoms with E-state index in [4.69, 9.17) is 4.74 Å². The van der Waals surface area contributed by atoms with Crippen molar-refractivity contribution >= 4 is 22.7 Å². The molecular weight excluding hydrogens is 383 g/mol. The Balaban J connectivity index is 1.88. The Morgan fingerprint density at radius 1 is 1.21 bits per heavy atom. The minimum Gasteiger partial charge on any atom is -0.444 e. The van der Waals surface area contributed by atoms with Crippen molar-refractivity contribution in [3.63, 3.8) is 0 Å². The number of anilines is 1. The van der Waals surface area contributed by atoms with Crippen LogP contribution in [-0.2, 0) is 10.9 Å². The van der Waals surface area contributed by atoms with Gasteiger partial charge in [-0.05, 0) is 57.4 Å². The molecule has 1 aliphatic heterocycles. The molecule has 3 rings (SSSR count). The molecule has 5 nitrogen and oxygen atoms in total. The second-order valence-corrected chi connectivity index (χ2v) is 8.62. The summed E-state index contributed by atoms with van der Waals surface area (Å²) in [4.78, 5) is 18.2. The molecule has 2 atom stereocenters. The first-order valence-electron chi connectivity index (χ1n) is 9.63. The summed E-state index contributed by atoms with van der Waals surface area (Å²) in [6.45, 7) is 8.61. The zero-order chi connectivity index (χ0) is 21.4. The van der Waals surface area contributed by atoms with Crippen LogP contribution in [0.3, 0.4) is 0 Å². The van der Waals surface area contributed by atoms with Gasteiger partial charge in [0.15, 0.2) is 0 Å². The molecule has 1 N–H and O–H groups in total. The van der Waals surface area contributed by atoms with E-state index in [9.17, 15) is 18.0 Å². The van der Waals surface area contributed by atoms with Crippen LogP contribution in [0.1, 0.15) is 39.7 Å². The molecule has 1 fully saturated rings. The topological polar surface area (TPSA) is 54.5 Å². The summed E-state index contributed by atoms with van der Waals surface area (Å²) in [5.41, 5.74) is -0.722. The number of hydrogen-bond acceptors (Lipinski definition) is 4.